The monoisotopic (exact) mass is 210 g/mol. The summed E-state index contributed by atoms with van der Waals surface area (Å²) in [5, 5.41) is 64.1. The maximum atomic E-state index is 9.16. The van der Waals surface area contributed by atoms with Crippen molar-refractivity contribution in [2.24, 2.45) is 0 Å². The van der Waals surface area contributed by atoms with Crippen LogP contribution >= 0.6 is 0 Å². The van der Waals surface area contributed by atoms with Crippen LogP contribution < -0.4 is 0 Å². The Morgan fingerprint density at radius 1 is 0.286 bits per heavy atom. The van der Waals surface area contributed by atoms with Gasteiger partial charge in [0, 0.05) is 0 Å². The fraction of sp³-hybridized carbons (Fsp3) is 1.00. The number of hydrogen-bond donors (Lipinski definition) is 7. The maximum absolute atomic E-state index is 9.16. The average Bonchev–Trinajstić information content (AvgIpc) is 2.23. The van der Waals surface area contributed by atoms with Crippen LogP contribution in [0.15, 0.2) is 0 Å². The molecule has 0 saturated heterocycles. The van der Waals surface area contributed by atoms with E-state index in [4.69, 9.17) is 35.7 Å². The average molecular weight is 210 g/mol. The lowest BCUT2D eigenvalue weighted by atomic mass is 10.0. The molecule has 0 aliphatic heterocycles. The van der Waals surface area contributed by atoms with Crippen molar-refractivity contribution < 1.29 is 35.7 Å². The van der Waals surface area contributed by atoms with Gasteiger partial charge >= 0.3 is 0 Å². The molecule has 0 radical (unpaired) electrons. The Kier molecular flexibility index (Phi) is 3.43. The molecule has 1 saturated carbocycles. The van der Waals surface area contributed by atoms with Crippen molar-refractivity contribution in [3.8, 4) is 0 Å². The Hall–Kier alpha value is -0.280. The highest BCUT2D eigenvalue weighted by atomic mass is 16.4. The summed E-state index contributed by atoms with van der Waals surface area (Å²) in [6.07, 6.45) is -12.8. The number of rotatable bonds is 0. The van der Waals surface area contributed by atoms with E-state index in [9.17, 15) is 0 Å². The zero-order valence-corrected chi connectivity index (χ0v) is 7.17. The Labute approximate surface area is 79.5 Å². The highest BCUT2D eigenvalue weighted by Crippen LogP contribution is 2.21. The predicted molar refractivity (Wildman–Crippen MR) is 42.0 cm³/mol. The zero-order chi connectivity index (χ0) is 11.0. The second-order valence-corrected chi connectivity index (χ2v) is 3.43. The van der Waals surface area contributed by atoms with Gasteiger partial charge in [0.1, 0.15) is 42.7 Å². The van der Waals surface area contributed by atoms with Gasteiger partial charge in [0.15, 0.2) is 0 Å². The molecule has 14 heavy (non-hydrogen) atoms. The minimum absolute atomic E-state index is 1.83. The zero-order valence-electron chi connectivity index (χ0n) is 7.17. The molecule has 0 amide bonds. The molecule has 1 rings (SSSR count). The Balaban J connectivity index is 2.92. The normalized spacial score (nSPS) is 55.5. The van der Waals surface area contributed by atoms with Gasteiger partial charge in [-0.25, -0.2) is 0 Å². The van der Waals surface area contributed by atoms with Crippen LogP contribution in [0.5, 0.6) is 0 Å². The summed E-state index contributed by atoms with van der Waals surface area (Å²) in [6.45, 7) is 0. The van der Waals surface area contributed by atoms with Crippen molar-refractivity contribution >= 4 is 0 Å². The van der Waals surface area contributed by atoms with Crippen molar-refractivity contribution in [2.75, 3.05) is 0 Å². The molecule has 7 N–H and O–H groups in total. The first-order valence-electron chi connectivity index (χ1n) is 4.14. The van der Waals surface area contributed by atoms with Crippen molar-refractivity contribution in [3.05, 3.63) is 0 Å². The molecular weight excluding hydrogens is 196 g/mol. The summed E-state index contributed by atoms with van der Waals surface area (Å²) in [5.41, 5.74) is 0. The van der Waals surface area contributed by atoms with Crippen LogP contribution in [0.3, 0.4) is 0 Å². The molecule has 1 aliphatic rings. The van der Waals surface area contributed by atoms with E-state index >= 15 is 0 Å². The van der Waals surface area contributed by atoms with E-state index in [2.05, 4.69) is 0 Å². The lowest BCUT2D eigenvalue weighted by Gasteiger charge is -2.23. The van der Waals surface area contributed by atoms with Crippen LogP contribution in [-0.4, -0.2) is 78.5 Å². The highest BCUT2D eigenvalue weighted by Gasteiger charge is 2.47. The first-order valence-corrected chi connectivity index (χ1v) is 4.14. The lowest BCUT2D eigenvalue weighted by molar-refractivity contribution is -0.124. The third-order valence-corrected chi connectivity index (χ3v) is 2.45. The van der Waals surface area contributed by atoms with Gasteiger partial charge in [0.2, 0.25) is 0 Å². The number of aliphatic hydroxyl groups is 7. The van der Waals surface area contributed by atoms with E-state index in [0.717, 1.165) is 0 Å². The third kappa shape index (κ3) is 1.75. The van der Waals surface area contributed by atoms with Gasteiger partial charge in [0.25, 0.3) is 0 Å². The molecule has 0 heterocycles. The van der Waals surface area contributed by atoms with E-state index < -0.39 is 42.7 Å². The molecule has 0 atom stereocenters. The van der Waals surface area contributed by atoms with Crippen LogP contribution in [0.1, 0.15) is 0 Å². The smallest absolute Gasteiger partial charge is 0.111 e. The fourth-order valence-electron chi connectivity index (χ4n) is 1.41. The van der Waals surface area contributed by atoms with E-state index in [1.54, 1.807) is 0 Å². The van der Waals surface area contributed by atoms with Gasteiger partial charge in [-0.05, 0) is 0 Å². The lowest BCUT2D eigenvalue weighted by Crippen LogP contribution is -2.47. The van der Waals surface area contributed by atoms with Crippen LogP contribution in [0.25, 0.3) is 0 Å². The van der Waals surface area contributed by atoms with Crippen LogP contribution in [0.4, 0.5) is 0 Å². The van der Waals surface area contributed by atoms with Crippen LogP contribution in [0, 0.1) is 0 Å². The molecule has 0 unspecified atom stereocenters. The molecule has 0 aromatic rings. The topological polar surface area (TPSA) is 142 Å². The van der Waals surface area contributed by atoms with Crippen molar-refractivity contribution in [1.82, 2.24) is 0 Å². The SMILES string of the molecule is OC1C(O)C(O)C(O)C(O)C(O)C1O. The molecule has 1 fully saturated rings. The molecule has 1 aliphatic carbocycles. The van der Waals surface area contributed by atoms with Crippen LogP contribution in [-0.2, 0) is 0 Å². The molecule has 0 spiro atoms. The van der Waals surface area contributed by atoms with E-state index in [0.29, 0.717) is 0 Å². The van der Waals surface area contributed by atoms with Gasteiger partial charge in [-0.2, -0.15) is 0 Å². The summed E-state index contributed by atoms with van der Waals surface area (Å²) in [4.78, 5) is 0. The quantitative estimate of drug-likeness (QED) is 0.200. The first-order chi connectivity index (χ1) is 6.37. The Morgan fingerprint density at radius 2 is 0.357 bits per heavy atom. The number of aliphatic hydroxyl groups excluding tert-OH is 7. The van der Waals surface area contributed by atoms with Crippen LogP contribution in [0.2, 0.25) is 0 Å². The van der Waals surface area contributed by atoms with Gasteiger partial charge in [-0.3, -0.25) is 0 Å². The summed E-state index contributed by atoms with van der Waals surface area (Å²) in [7, 11) is 0. The molecule has 0 aromatic heterocycles. The number of hydrogen-bond acceptors (Lipinski definition) is 7. The van der Waals surface area contributed by atoms with E-state index in [-0.39, 0.29) is 0 Å². The van der Waals surface area contributed by atoms with Gasteiger partial charge < -0.3 is 35.7 Å². The molecule has 84 valence electrons. The summed E-state index contributed by atoms with van der Waals surface area (Å²) in [6, 6.07) is 0. The molecule has 7 heteroatoms. The van der Waals surface area contributed by atoms with Crippen molar-refractivity contribution in [3.63, 3.8) is 0 Å². The summed E-state index contributed by atoms with van der Waals surface area (Å²) >= 11 is 0. The Bertz CT molecular complexity index is 126. The molecular formula is C7H14O7. The second kappa shape index (κ2) is 4.07. The third-order valence-electron chi connectivity index (χ3n) is 2.45. The van der Waals surface area contributed by atoms with Crippen molar-refractivity contribution in [2.45, 2.75) is 42.7 Å². The minimum Gasteiger partial charge on any atom is -0.387 e. The summed E-state index contributed by atoms with van der Waals surface area (Å²) in [5.74, 6) is 0. The molecule has 7 nitrogen and oxygen atoms in total. The van der Waals surface area contributed by atoms with Gasteiger partial charge in [-0.1, -0.05) is 0 Å². The maximum Gasteiger partial charge on any atom is 0.111 e. The first kappa shape index (κ1) is 11.8. The standard InChI is InChI=1S/C7H14O7/c8-1-2(9)4(11)6(13)7(14)5(12)3(1)10/h1-14H. The summed E-state index contributed by atoms with van der Waals surface area (Å²) < 4.78 is 0. The van der Waals surface area contributed by atoms with Gasteiger partial charge in [0.05, 0.1) is 0 Å². The largest absolute Gasteiger partial charge is 0.387 e. The molecule has 0 aromatic carbocycles. The minimum atomic E-state index is -1.83. The van der Waals surface area contributed by atoms with Crippen molar-refractivity contribution in [1.29, 1.82) is 0 Å². The highest BCUT2D eigenvalue weighted by molar-refractivity contribution is 4.98. The van der Waals surface area contributed by atoms with E-state index in [1.807, 2.05) is 0 Å². The molecule has 0 bridgehead atoms. The van der Waals surface area contributed by atoms with Gasteiger partial charge in [-0.15, -0.1) is 0 Å². The second-order valence-electron chi connectivity index (χ2n) is 3.43. The predicted octanol–water partition coefficient (Wildman–Crippen LogP) is -4.47. The fourth-order valence-corrected chi connectivity index (χ4v) is 1.41. The Morgan fingerprint density at radius 3 is 0.429 bits per heavy atom. The van der Waals surface area contributed by atoms with E-state index in [1.165, 1.54) is 0 Å².